The normalized spacial score (nSPS) is 9.87. The Morgan fingerprint density at radius 3 is 2.80 bits per heavy atom. The molecule has 15 heavy (non-hydrogen) atoms. The highest BCUT2D eigenvalue weighted by Gasteiger charge is 2.06. The van der Waals surface area contributed by atoms with E-state index in [0.29, 0.717) is 17.1 Å². The van der Waals surface area contributed by atoms with Crippen LogP contribution in [0.15, 0.2) is 18.3 Å². The molecule has 0 aliphatic rings. The van der Waals surface area contributed by atoms with Gasteiger partial charge in [-0.2, -0.15) is 5.26 Å². The smallest absolute Gasteiger partial charge is 0.166 e. The Balaban J connectivity index is 2.33. The van der Waals surface area contributed by atoms with Crippen molar-refractivity contribution in [3.63, 3.8) is 0 Å². The molecule has 0 aliphatic heterocycles. The lowest BCUT2D eigenvalue weighted by atomic mass is 10.3. The van der Waals surface area contributed by atoms with Crippen LogP contribution in [0.25, 0.3) is 10.7 Å². The third-order valence-corrected chi connectivity index (χ3v) is 3.05. The van der Waals surface area contributed by atoms with Crippen molar-refractivity contribution in [2.24, 2.45) is 0 Å². The highest BCUT2D eigenvalue weighted by atomic mass is 35.5. The van der Waals surface area contributed by atoms with E-state index in [2.05, 4.69) is 15.2 Å². The Kier molecular flexibility index (Phi) is 2.90. The second kappa shape index (κ2) is 4.34. The Bertz CT molecular complexity index is 500. The van der Waals surface area contributed by atoms with E-state index in [9.17, 15) is 0 Å². The second-order valence-corrected chi connectivity index (χ2v) is 4.01. The van der Waals surface area contributed by atoms with Crippen LogP contribution in [0, 0.1) is 11.3 Å². The van der Waals surface area contributed by atoms with Crippen LogP contribution < -0.4 is 0 Å². The number of nitriles is 1. The molecule has 0 fully saturated rings. The van der Waals surface area contributed by atoms with Crippen LogP contribution in [0.5, 0.6) is 0 Å². The molecular weight excluding hydrogens is 232 g/mol. The maximum absolute atomic E-state index is 8.61. The summed E-state index contributed by atoms with van der Waals surface area (Å²) in [6.45, 7) is 0. The molecule has 0 aliphatic carbocycles. The lowest BCUT2D eigenvalue weighted by Crippen LogP contribution is -1.83. The summed E-state index contributed by atoms with van der Waals surface area (Å²) >= 11 is 7.02. The average Bonchev–Trinajstić information content (AvgIpc) is 2.78. The van der Waals surface area contributed by atoms with E-state index < -0.39 is 0 Å². The lowest BCUT2D eigenvalue weighted by molar-refractivity contribution is 1.04. The maximum Gasteiger partial charge on any atom is 0.166 e. The van der Waals surface area contributed by atoms with E-state index in [0.717, 1.165) is 10.0 Å². The van der Waals surface area contributed by atoms with Gasteiger partial charge < -0.3 is 0 Å². The minimum atomic E-state index is 0.355. The zero-order valence-electron chi connectivity index (χ0n) is 7.51. The standard InChI is InChI=1S/C9H5ClN4S/c10-3-8-13-14-9(15-8)7-2-1-6(4-11)5-12-7/h1-2,5H,3H2. The summed E-state index contributed by atoms with van der Waals surface area (Å²) in [5.74, 6) is 0.355. The summed E-state index contributed by atoms with van der Waals surface area (Å²) in [7, 11) is 0. The molecule has 0 unspecified atom stereocenters. The molecule has 0 atom stereocenters. The van der Waals surface area contributed by atoms with E-state index in [-0.39, 0.29) is 0 Å². The van der Waals surface area contributed by atoms with Gasteiger partial charge >= 0.3 is 0 Å². The van der Waals surface area contributed by atoms with Crippen LogP contribution in [-0.2, 0) is 5.88 Å². The maximum atomic E-state index is 8.61. The van der Waals surface area contributed by atoms with Crippen LogP contribution >= 0.6 is 22.9 Å². The third kappa shape index (κ3) is 2.12. The molecule has 2 aromatic heterocycles. The molecule has 2 heterocycles. The van der Waals surface area contributed by atoms with Gasteiger partial charge in [0.1, 0.15) is 16.8 Å². The van der Waals surface area contributed by atoms with Crippen molar-refractivity contribution in [3.05, 3.63) is 28.9 Å². The van der Waals surface area contributed by atoms with Crippen molar-refractivity contribution in [1.29, 1.82) is 5.26 Å². The molecule has 74 valence electrons. The number of alkyl halides is 1. The zero-order chi connectivity index (χ0) is 10.7. The summed E-state index contributed by atoms with van der Waals surface area (Å²) < 4.78 is 0. The van der Waals surface area contributed by atoms with Gasteiger partial charge in [-0.1, -0.05) is 11.3 Å². The summed E-state index contributed by atoms with van der Waals surface area (Å²) in [5, 5.41) is 17.9. The van der Waals surface area contributed by atoms with Crippen LogP contribution in [0.4, 0.5) is 0 Å². The Labute approximate surface area is 95.2 Å². The van der Waals surface area contributed by atoms with Crippen molar-refractivity contribution in [1.82, 2.24) is 15.2 Å². The zero-order valence-corrected chi connectivity index (χ0v) is 9.09. The molecular formula is C9H5ClN4S. The molecule has 4 nitrogen and oxygen atoms in total. The number of pyridine rings is 1. The fourth-order valence-corrected chi connectivity index (χ4v) is 1.88. The number of hydrogen-bond donors (Lipinski definition) is 0. The summed E-state index contributed by atoms with van der Waals surface area (Å²) in [6, 6.07) is 5.45. The first kappa shape index (κ1) is 10.0. The number of hydrogen-bond acceptors (Lipinski definition) is 5. The van der Waals surface area contributed by atoms with Crippen molar-refractivity contribution in [2.75, 3.05) is 0 Å². The van der Waals surface area contributed by atoms with Crippen LogP contribution in [-0.4, -0.2) is 15.2 Å². The lowest BCUT2D eigenvalue weighted by Gasteiger charge is -1.92. The Morgan fingerprint density at radius 1 is 1.40 bits per heavy atom. The van der Waals surface area contributed by atoms with Crippen molar-refractivity contribution >= 4 is 22.9 Å². The monoisotopic (exact) mass is 236 g/mol. The first-order valence-corrected chi connectivity index (χ1v) is 5.43. The highest BCUT2D eigenvalue weighted by molar-refractivity contribution is 7.14. The van der Waals surface area contributed by atoms with E-state index in [4.69, 9.17) is 16.9 Å². The van der Waals surface area contributed by atoms with Gasteiger partial charge in [0.05, 0.1) is 11.4 Å². The summed E-state index contributed by atoms with van der Waals surface area (Å²) in [5.41, 5.74) is 1.24. The molecule has 0 saturated carbocycles. The minimum Gasteiger partial charge on any atom is -0.252 e. The first-order chi connectivity index (χ1) is 7.33. The van der Waals surface area contributed by atoms with Gasteiger partial charge in [-0.05, 0) is 12.1 Å². The fraction of sp³-hybridized carbons (Fsp3) is 0.111. The van der Waals surface area contributed by atoms with Crippen LogP contribution in [0.1, 0.15) is 10.6 Å². The van der Waals surface area contributed by atoms with Gasteiger partial charge in [0.2, 0.25) is 0 Å². The summed E-state index contributed by atoms with van der Waals surface area (Å²) in [6.07, 6.45) is 1.51. The molecule has 2 aromatic rings. The Morgan fingerprint density at radius 2 is 2.27 bits per heavy atom. The van der Waals surface area contributed by atoms with Crippen molar-refractivity contribution < 1.29 is 0 Å². The molecule has 0 saturated heterocycles. The average molecular weight is 237 g/mol. The van der Waals surface area contributed by atoms with Gasteiger partial charge in [-0.15, -0.1) is 21.8 Å². The number of nitrogens with zero attached hydrogens (tertiary/aromatic N) is 4. The second-order valence-electron chi connectivity index (χ2n) is 2.68. The van der Waals surface area contributed by atoms with Crippen LogP contribution in [0.3, 0.4) is 0 Å². The summed E-state index contributed by atoms with van der Waals surface area (Å²) in [4.78, 5) is 4.11. The van der Waals surface area contributed by atoms with Gasteiger partial charge in [-0.25, -0.2) is 0 Å². The van der Waals surface area contributed by atoms with Gasteiger partial charge in [0, 0.05) is 6.20 Å². The molecule has 6 heteroatoms. The minimum absolute atomic E-state index is 0.355. The predicted molar refractivity (Wildman–Crippen MR) is 57.4 cm³/mol. The molecule has 0 aromatic carbocycles. The number of aromatic nitrogens is 3. The first-order valence-electron chi connectivity index (χ1n) is 4.08. The molecule has 0 amide bonds. The Hall–Kier alpha value is -1.51. The predicted octanol–water partition coefficient (Wildman–Crippen LogP) is 2.21. The van der Waals surface area contributed by atoms with Crippen molar-refractivity contribution in [2.45, 2.75) is 5.88 Å². The molecule has 0 radical (unpaired) electrons. The molecule has 2 rings (SSSR count). The van der Waals surface area contributed by atoms with Gasteiger partial charge in [0.25, 0.3) is 0 Å². The van der Waals surface area contributed by atoms with Crippen molar-refractivity contribution in [3.8, 4) is 16.8 Å². The highest BCUT2D eigenvalue weighted by Crippen LogP contribution is 2.22. The molecule has 0 bridgehead atoms. The van der Waals surface area contributed by atoms with E-state index in [1.807, 2.05) is 6.07 Å². The topological polar surface area (TPSA) is 62.5 Å². The van der Waals surface area contributed by atoms with Crippen LogP contribution in [0.2, 0.25) is 0 Å². The molecule has 0 N–H and O–H groups in total. The van der Waals surface area contributed by atoms with Gasteiger partial charge in [-0.3, -0.25) is 4.98 Å². The molecule has 0 spiro atoms. The SMILES string of the molecule is N#Cc1ccc(-c2nnc(CCl)s2)nc1. The van der Waals surface area contributed by atoms with E-state index in [1.165, 1.54) is 17.5 Å². The third-order valence-electron chi connectivity index (χ3n) is 1.69. The quantitative estimate of drug-likeness (QED) is 0.750. The largest absolute Gasteiger partial charge is 0.252 e. The van der Waals surface area contributed by atoms with Gasteiger partial charge in [0.15, 0.2) is 5.01 Å². The fourth-order valence-electron chi connectivity index (χ4n) is 0.998. The number of rotatable bonds is 2. The van der Waals surface area contributed by atoms with E-state index in [1.54, 1.807) is 12.1 Å². The number of halogens is 1. The van der Waals surface area contributed by atoms with E-state index >= 15 is 0 Å².